The summed E-state index contributed by atoms with van der Waals surface area (Å²) in [6.45, 7) is 2.13. The van der Waals surface area contributed by atoms with Crippen LogP contribution in [0.1, 0.15) is 18.1 Å². The van der Waals surface area contributed by atoms with Crippen molar-refractivity contribution in [2.24, 2.45) is 5.73 Å². The van der Waals surface area contributed by atoms with Crippen LogP contribution in [0, 0.1) is 0 Å². The van der Waals surface area contributed by atoms with Gasteiger partial charge in [0, 0.05) is 25.4 Å². The second-order valence-electron chi connectivity index (χ2n) is 8.20. The van der Waals surface area contributed by atoms with E-state index >= 15 is 0 Å². The van der Waals surface area contributed by atoms with Crippen LogP contribution in [0.15, 0.2) is 65.5 Å². The van der Waals surface area contributed by atoms with Gasteiger partial charge in [-0.05, 0) is 36.6 Å². The highest BCUT2D eigenvalue weighted by molar-refractivity contribution is 7.07. The van der Waals surface area contributed by atoms with E-state index in [1.165, 1.54) is 16.2 Å². The van der Waals surface area contributed by atoms with Gasteiger partial charge in [-0.25, -0.2) is 14.6 Å². The van der Waals surface area contributed by atoms with Crippen LogP contribution in [0.2, 0.25) is 0 Å². The first kappa shape index (κ1) is 29.3. The number of carbonyl (C=O) groups is 3. The van der Waals surface area contributed by atoms with Crippen LogP contribution in [0.5, 0.6) is 5.75 Å². The third kappa shape index (κ3) is 10.7. The molecule has 2 aromatic carbocycles. The summed E-state index contributed by atoms with van der Waals surface area (Å²) in [4.78, 5) is 40.1. The highest BCUT2D eigenvalue weighted by atomic mass is 32.1. The number of carboxylic acids is 1. The molecule has 10 nitrogen and oxygen atoms in total. The van der Waals surface area contributed by atoms with Gasteiger partial charge in [-0.3, -0.25) is 4.79 Å². The van der Waals surface area contributed by atoms with Crippen molar-refractivity contribution < 1.29 is 24.2 Å². The topological polar surface area (TPSA) is 147 Å². The van der Waals surface area contributed by atoms with E-state index in [-0.39, 0.29) is 12.3 Å². The van der Waals surface area contributed by atoms with Gasteiger partial charge in [0.05, 0.1) is 18.7 Å². The fourth-order valence-electron chi connectivity index (χ4n) is 3.01. The van der Waals surface area contributed by atoms with E-state index in [9.17, 15) is 19.5 Å². The van der Waals surface area contributed by atoms with Gasteiger partial charge in [-0.1, -0.05) is 42.5 Å². The van der Waals surface area contributed by atoms with Crippen molar-refractivity contribution in [3.63, 3.8) is 0 Å². The molecule has 0 aliphatic carbocycles. The van der Waals surface area contributed by atoms with Crippen molar-refractivity contribution in [3.8, 4) is 5.75 Å². The molecular formula is C26H33N5O5S. The Labute approximate surface area is 220 Å². The van der Waals surface area contributed by atoms with Crippen molar-refractivity contribution in [2.75, 3.05) is 26.0 Å². The quantitative estimate of drug-likeness (QED) is 0.317. The van der Waals surface area contributed by atoms with Gasteiger partial charge in [-0.2, -0.15) is 0 Å². The second-order valence-corrected chi connectivity index (χ2v) is 8.92. The van der Waals surface area contributed by atoms with Gasteiger partial charge in [0.15, 0.2) is 0 Å². The van der Waals surface area contributed by atoms with Crippen molar-refractivity contribution in [3.05, 3.63) is 76.6 Å². The number of methoxy groups -OCH3 is 1. The highest BCUT2D eigenvalue weighted by Gasteiger charge is 2.22. The number of carbonyl (C=O) groups excluding carboxylic acids is 2. The molecule has 5 N–H and O–H groups in total. The zero-order chi connectivity index (χ0) is 27.2. The summed E-state index contributed by atoms with van der Waals surface area (Å²) in [5, 5.41) is 16.3. The van der Waals surface area contributed by atoms with Crippen LogP contribution in [0.3, 0.4) is 0 Å². The van der Waals surface area contributed by atoms with Crippen molar-refractivity contribution >= 4 is 35.1 Å². The minimum absolute atomic E-state index is 0.206. The number of aromatic nitrogens is 1. The first-order chi connectivity index (χ1) is 17.7. The van der Waals surface area contributed by atoms with Gasteiger partial charge in [0.25, 0.3) is 0 Å². The van der Waals surface area contributed by atoms with Crippen LogP contribution in [0.4, 0.5) is 10.6 Å². The Balaban J connectivity index is 0.000000364. The number of amides is 3. The number of carboxylic acid groups (broad SMARTS) is 1. The van der Waals surface area contributed by atoms with Gasteiger partial charge < -0.3 is 31.1 Å². The lowest BCUT2D eigenvalue weighted by Gasteiger charge is -2.21. The predicted molar refractivity (Wildman–Crippen MR) is 144 cm³/mol. The van der Waals surface area contributed by atoms with E-state index < -0.39 is 24.1 Å². The summed E-state index contributed by atoms with van der Waals surface area (Å²) in [5.74, 6) is -0.0101. The molecule has 37 heavy (non-hydrogen) atoms. The van der Waals surface area contributed by atoms with Crippen LogP contribution < -0.4 is 21.1 Å². The molecule has 3 aromatic rings. The van der Waals surface area contributed by atoms with E-state index in [0.29, 0.717) is 24.5 Å². The minimum atomic E-state index is -1.06. The smallest absolute Gasteiger partial charge is 0.326 e. The summed E-state index contributed by atoms with van der Waals surface area (Å²) in [6, 6.07) is 15.1. The number of ether oxygens (including phenoxy) is 1. The van der Waals surface area contributed by atoms with Gasteiger partial charge in [0.2, 0.25) is 5.91 Å². The molecule has 0 bridgehead atoms. The Kier molecular flexibility index (Phi) is 12.0. The normalized spacial score (nSPS) is 11.8. The largest absolute Gasteiger partial charge is 0.497 e. The van der Waals surface area contributed by atoms with Crippen molar-refractivity contribution in [2.45, 2.75) is 31.8 Å². The number of aliphatic carboxylic acids is 1. The summed E-state index contributed by atoms with van der Waals surface area (Å²) in [5.41, 5.74) is 8.90. The Bertz CT molecular complexity index is 1110. The molecule has 11 heteroatoms. The molecule has 0 fully saturated rings. The van der Waals surface area contributed by atoms with Crippen LogP contribution in [-0.2, 0) is 22.4 Å². The van der Waals surface area contributed by atoms with E-state index in [4.69, 9.17) is 10.5 Å². The number of nitrogens with zero attached hydrogens (tertiary/aromatic N) is 2. The van der Waals surface area contributed by atoms with Gasteiger partial charge in [0.1, 0.15) is 17.6 Å². The number of nitrogens with one attached hydrogen (secondary N) is 2. The predicted octanol–water partition coefficient (Wildman–Crippen LogP) is 3.00. The molecule has 0 unspecified atom stereocenters. The maximum absolute atomic E-state index is 12.3. The number of rotatable bonds is 10. The molecule has 0 aliphatic heterocycles. The lowest BCUT2D eigenvalue weighted by atomic mass is 10.1. The molecule has 0 radical (unpaired) electrons. The number of urea groups is 1. The van der Waals surface area contributed by atoms with Crippen LogP contribution in [0.25, 0.3) is 0 Å². The van der Waals surface area contributed by atoms with E-state index in [1.54, 1.807) is 56.2 Å². The second kappa shape index (κ2) is 15.2. The van der Waals surface area contributed by atoms with Crippen LogP contribution >= 0.6 is 11.3 Å². The number of benzene rings is 2. The number of hydrogen-bond donors (Lipinski definition) is 4. The Hall–Kier alpha value is -3.96. The molecular weight excluding hydrogens is 494 g/mol. The third-order valence-electron chi connectivity index (χ3n) is 5.22. The molecule has 3 rings (SSSR count). The molecule has 0 spiro atoms. The maximum atomic E-state index is 12.3. The summed E-state index contributed by atoms with van der Waals surface area (Å²) in [6.07, 6.45) is 0.915. The molecule has 3 amide bonds. The zero-order valence-corrected chi connectivity index (χ0v) is 21.9. The molecule has 198 valence electrons. The summed E-state index contributed by atoms with van der Waals surface area (Å²) >= 11 is 1.43. The SMILES string of the molecule is COc1ccc(C[C@H](NC(=O)N(C)CCc2ccccc2)C(=O)O)cc1.C[C@H](N)C(=O)Nc1cscn1. The number of nitrogens with two attached hydrogens (primary N) is 1. The Morgan fingerprint density at radius 1 is 1.11 bits per heavy atom. The number of likely N-dealkylation sites (N-methyl/N-ethyl adjacent to an activating group) is 1. The summed E-state index contributed by atoms with van der Waals surface area (Å²) < 4.78 is 5.09. The van der Waals surface area contributed by atoms with E-state index in [1.807, 2.05) is 30.3 Å². The molecule has 0 aliphatic rings. The minimum Gasteiger partial charge on any atom is -0.497 e. The molecule has 1 aromatic heterocycles. The lowest BCUT2D eigenvalue weighted by molar-refractivity contribution is -0.139. The lowest BCUT2D eigenvalue weighted by Crippen LogP contribution is -2.48. The van der Waals surface area contributed by atoms with E-state index in [0.717, 1.165) is 11.1 Å². The zero-order valence-electron chi connectivity index (χ0n) is 21.1. The van der Waals surface area contributed by atoms with Crippen molar-refractivity contribution in [1.82, 2.24) is 15.2 Å². The first-order valence-electron chi connectivity index (χ1n) is 11.6. The molecule has 1 heterocycles. The van der Waals surface area contributed by atoms with E-state index in [2.05, 4.69) is 15.6 Å². The fourth-order valence-corrected chi connectivity index (χ4v) is 3.50. The number of anilines is 1. The maximum Gasteiger partial charge on any atom is 0.326 e. The summed E-state index contributed by atoms with van der Waals surface area (Å²) in [7, 11) is 3.23. The average Bonchev–Trinajstić information content (AvgIpc) is 3.41. The standard InChI is InChI=1S/C20H24N2O4.C6H9N3OS/c1-22(13-12-15-6-4-3-5-7-15)20(25)21-18(19(23)24)14-16-8-10-17(26-2)11-9-16;1-4(7)6(10)9-5-2-11-3-8-5/h3-11,18H,12-14H2,1-2H3,(H,21,25)(H,23,24);2-4H,7H2,1H3,(H,9,10)/t18-;4-/m00/s1. The number of thiazole rings is 1. The third-order valence-corrected chi connectivity index (χ3v) is 5.80. The monoisotopic (exact) mass is 527 g/mol. The Morgan fingerprint density at radius 2 is 1.78 bits per heavy atom. The Morgan fingerprint density at radius 3 is 2.32 bits per heavy atom. The highest BCUT2D eigenvalue weighted by Crippen LogP contribution is 2.13. The number of hydrogen-bond acceptors (Lipinski definition) is 7. The van der Waals surface area contributed by atoms with Gasteiger partial charge in [-0.15, -0.1) is 11.3 Å². The molecule has 2 atom stereocenters. The average molecular weight is 528 g/mol. The molecule has 0 saturated carbocycles. The van der Waals surface area contributed by atoms with Gasteiger partial charge >= 0.3 is 12.0 Å². The fraction of sp³-hybridized carbons (Fsp3) is 0.308. The van der Waals surface area contributed by atoms with Crippen molar-refractivity contribution in [1.29, 1.82) is 0 Å². The van der Waals surface area contributed by atoms with Crippen LogP contribution in [-0.4, -0.2) is 65.7 Å². The first-order valence-corrected chi connectivity index (χ1v) is 12.5. The molecule has 0 saturated heterocycles.